The minimum absolute atomic E-state index is 0.0416. The Morgan fingerprint density at radius 3 is 2.88 bits per heavy atom. The molecule has 0 atom stereocenters. The van der Waals surface area contributed by atoms with Gasteiger partial charge in [-0.3, -0.25) is 9.69 Å². The van der Waals surface area contributed by atoms with E-state index in [1.54, 1.807) is 24.1 Å². The first-order chi connectivity index (χ1) is 8.04. The quantitative estimate of drug-likeness (QED) is 0.840. The molecule has 4 nitrogen and oxygen atoms in total. The topological polar surface area (TPSA) is 52.6 Å². The van der Waals surface area contributed by atoms with Crippen LogP contribution in [-0.2, 0) is 4.79 Å². The minimum atomic E-state index is -0.119. The molecule has 0 unspecified atom stereocenters. The average Bonchev–Trinajstić information content (AvgIpc) is 2.25. The van der Waals surface area contributed by atoms with E-state index in [2.05, 4.69) is 5.32 Å². The molecule has 2 N–H and O–H groups in total. The van der Waals surface area contributed by atoms with Gasteiger partial charge in [-0.05, 0) is 31.7 Å². The van der Waals surface area contributed by atoms with Crippen molar-refractivity contribution in [2.45, 2.75) is 6.92 Å². The molecule has 5 heteroatoms. The van der Waals surface area contributed by atoms with Crippen LogP contribution >= 0.6 is 11.6 Å². The number of likely N-dealkylation sites (N-methyl/N-ethyl adjacent to an activating group) is 1. The zero-order valence-electron chi connectivity index (χ0n) is 10.0. The molecule has 0 saturated heterocycles. The van der Waals surface area contributed by atoms with E-state index in [1.165, 1.54) is 0 Å². The highest BCUT2D eigenvalue weighted by molar-refractivity contribution is 6.31. The molecular weight excluding hydrogens is 240 g/mol. The van der Waals surface area contributed by atoms with Crippen molar-refractivity contribution in [1.29, 1.82) is 0 Å². The van der Waals surface area contributed by atoms with E-state index in [4.69, 9.17) is 16.7 Å². The number of nitrogens with zero attached hydrogens (tertiary/aromatic N) is 1. The summed E-state index contributed by atoms with van der Waals surface area (Å²) in [7, 11) is 1.78. The summed E-state index contributed by atoms with van der Waals surface area (Å²) in [5.41, 5.74) is 1.58. The van der Waals surface area contributed by atoms with Crippen molar-refractivity contribution in [2.75, 3.05) is 32.1 Å². The monoisotopic (exact) mass is 256 g/mol. The summed E-state index contributed by atoms with van der Waals surface area (Å²) in [6, 6.07) is 5.39. The fraction of sp³-hybridized carbons (Fsp3) is 0.417. The van der Waals surface area contributed by atoms with Crippen LogP contribution in [0.2, 0.25) is 5.02 Å². The highest BCUT2D eigenvalue weighted by Crippen LogP contribution is 2.22. The Morgan fingerprint density at radius 2 is 2.24 bits per heavy atom. The lowest BCUT2D eigenvalue weighted by molar-refractivity contribution is -0.117. The Balaban J connectivity index is 2.59. The van der Waals surface area contributed by atoms with Crippen LogP contribution in [0.15, 0.2) is 18.2 Å². The second-order valence-electron chi connectivity index (χ2n) is 3.92. The largest absolute Gasteiger partial charge is 0.395 e. The molecule has 0 radical (unpaired) electrons. The van der Waals surface area contributed by atoms with Crippen LogP contribution in [0.1, 0.15) is 5.56 Å². The molecule has 94 valence electrons. The zero-order valence-corrected chi connectivity index (χ0v) is 10.8. The lowest BCUT2D eigenvalue weighted by atomic mass is 10.2. The van der Waals surface area contributed by atoms with E-state index in [9.17, 15) is 4.79 Å². The van der Waals surface area contributed by atoms with Gasteiger partial charge < -0.3 is 10.4 Å². The minimum Gasteiger partial charge on any atom is -0.395 e. The van der Waals surface area contributed by atoms with Crippen molar-refractivity contribution < 1.29 is 9.90 Å². The summed E-state index contributed by atoms with van der Waals surface area (Å²) in [4.78, 5) is 13.4. The van der Waals surface area contributed by atoms with Crippen molar-refractivity contribution in [3.8, 4) is 0 Å². The first kappa shape index (κ1) is 14.0. The molecule has 17 heavy (non-hydrogen) atoms. The van der Waals surface area contributed by atoms with Crippen molar-refractivity contribution >= 4 is 23.2 Å². The van der Waals surface area contributed by atoms with Crippen LogP contribution in [0.3, 0.4) is 0 Å². The predicted octanol–water partition coefficient (Wildman–Crippen LogP) is 1.51. The van der Waals surface area contributed by atoms with Gasteiger partial charge in [-0.15, -0.1) is 0 Å². The van der Waals surface area contributed by atoms with Crippen molar-refractivity contribution in [3.05, 3.63) is 28.8 Å². The molecule has 0 aliphatic heterocycles. The molecule has 0 bridgehead atoms. The Morgan fingerprint density at radius 1 is 1.53 bits per heavy atom. The van der Waals surface area contributed by atoms with Gasteiger partial charge in [0.2, 0.25) is 5.91 Å². The molecule has 0 aromatic heterocycles. The number of aliphatic hydroxyl groups excluding tert-OH is 1. The van der Waals surface area contributed by atoms with Gasteiger partial charge in [0.1, 0.15) is 0 Å². The molecule has 0 aliphatic rings. The smallest absolute Gasteiger partial charge is 0.238 e. The zero-order chi connectivity index (χ0) is 12.8. The summed E-state index contributed by atoms with van der Waals surface area (Å²) in [6.45, 7) is 2.61. The van der Waals surface area contributed by atoms with Crippen LogP contribution in [-0.4, -0.2) is 42.7 Å². The third-order valence-corrected chi connectivity index (χ3v) is 2.85. The fourth-order valence-corrected chi connectivity index (χ4v) is 1.60. The number of carbonyl (C=O) groups is 1. The number of anilines is 1. The van der Waals surface area contributed by atoms with Gasteiger partial charge in [-0.1, -0.05) is 17.7 Å². The number of hydrogen-bond acceptors (Lipinski definition) is 3. The van der Waals surface area contributed by atoms with Crippen LogP contribution in [0, 0.1) is 6.92 Å². The van der Waals surface area contributed by atoms with Gasteiger partial charge in [0.25, 0.3) is 0 Å². The number of nitrogens with one attached hydrogen (secondary N) is 1. The van der Waals surface area contributed by atoms with Crippen LogP contribution < -0.4 is 5.32 Å². The summed E-state index contributed by atoms with van der Waals surface area (Å²) >= 11 is 5.96. The van der Waals surface area contributed by atoms with Gasteiger partial charge in [0.15, 0.2) is 0 Å². The Kier molecular flexibility index (Phi) is 5.41. The summed E-state index contributed by atoms with van der Waals surface area (Å²) in [5, 5.41) is 12.2. The van der Waals surface area contributed by atoms with Gasteiger partial charge in [0, 0.05) is 17.3 Å². The van der Waals surface area contributed by atoms with Crippen LogP contribution in [0.4, 0.5) is 5.69 Å². The van der Waals surface area contributed by atoms with Crippen molar-refractivity contribution in [1.82, 2.24) is 4.90 Å². The lowest BCUT2D eigenvalue weighted by Crippen LogP contribution is -2.32. The molecule has 0 saturated carbocycles. The fourth-order valence-electron chi connectivity index (χ4n) is 1.43. The molecule has 1 amide bonds. The van der Waals surface area contributed by atoms with Gasteiger partial charge >= 0.3 is 0 Å². The maximum Gasteiger partial charge on any atom is 0.238 e. The predicted molar refractivity (Wildman–Crippen MR) is 69.4 cm³/mol. The highest BCUT2D eigenvalue weighted by Gasteiger charge is 2.08. The van der Waals surface area contributed by atoms with E-state index in [0.717, 1.165) is 11.3 Å². The second-order valence-corrected chi connectivity index (χ2v) is 4.33. The van der Waals surface area contributed by atoms with E-state index in [-0.39, 0.29) is 19.1 Å². The number of benzene rings is 1. The third kappa shape index (κ3) is 4.34. The molecule has 0 aliphatic carbocycles. The van der Waals surface area contributed by atoms with Crippen LogP contribution in [0.25, 0.3) is 0 Å². The second kappa shape index (κ2) is 6.59. The lowest BCUT2D eigenvalue weighted by Gasteiger charge is -2.15. The molecule has 1 aromatic carbocycles. The highest BCUT2D eigenvalue weighted by atomic mass is 35.5. The summed E-state index contributed by atoms with van der Waals surface area (Å²) < 4.78 is 0. The van der Waals surface area contributed by atoms with Crippen LogP contribution in [0.5, 0.6) is 0 Å². The maximum atomic E-state index is 11.7. The average molecular weight is 257 g/mol. The number of halogens is 1. The number of rotatable bonds is 5. The number of carbonyl (C=O) groups excluding carboxylic acids is 1. The Bertz CT molecular complexity index is 396. The molecule has 0 spiro atoms. The van der Waals surface area contributed by atoms with E-state index < -0.39 is 0 Å². The standard InChI is InChI=1S/C12H17ClN2O2/c1-9-10(13)4-3-5-11(9)14-12(17)8-15(2)6-7-16/h3-5,16H,6-8H2,1-2H3,(H,14,17). The molecular formula is C12H17ClN2O2. The first-order valence-electron chi connectivity index (χ1n) is 5.39. The molecule has 0 fully saturated rings. The van der Waals surface area contributed by atoms with E-state index in [1.807, 2.05) is 13.0 Å². The Hall–Kier alpha value is -1.10. The number of aliphatic hydroxyl groups is 1. The molecule has 0 heterocycles. The summed E-state index contributed by atoms with van der Waals surface area (Å²) in [6.07, 6.45) is 0. The summed E-state index contributed by atoms with van der Waals surface area (Å²) in [5.74, 6) is -0.119. The SMILES string of the molecule is Cc1c(Cl)cccc1NC(=O)CN(C)CCO. The number of amides is 1. The van der Waals surface area contributed by atoms with Gasteiger partial charge in [0.05, 0.1) is 13.2 Å². The Labute approximate surface area is 106 Å². The third-order valence-electron chi connectivity index (χ3n) is 2.44. The van der Waals surface area contributed by atoms with E-state index in [0.29, 0.717) is 11.6 Å². The number of hydrogen-bond donors (Lipinski definition) is 2. The van der Waals surface area contributed by atoms with E-state index >= 15 is 0 Å². The van der Waals surface area contributed by atoms with Gasteiger partial charge in [-0.2, -0.15) is 0 Å². The maximum absolute atomic E-state index is 11.7. The first-order valence-corrected chi connectivity index (χ1v) is 5.76. The molecule has 1 rings (SSSR count). The van der Waals surface area contributed by atoms with Crippen molar-refractivity contribution in [3.63, 3.8) is 0 Å². The molecule has 1 aromatic rings. The van der Waals surface area contributed by atoms with Crippen molar-refractivity contribution in [2.24, 2.45) is 0 Å². The van der Waals surface area contributed by atoms with Gasteiger partial charge in [-0.25, -0.2) is 0 Å². The normalized spacial score (nSPS) is 10.6.